The van der Waals surface area contributed by atoms with Gasteiger partial charge in [0.1, 0.15) is 12.4 Å². The third-order valence-electron chi connectivity index (χ3n) is 11.4. The van der Waals surface area contributed by atoms with Gasteiger partial charge in [0, 0.05) is 22.7 Å². The molecule has 8 nitrogen and oxygen atoms in total. The molecule has 5 rings (SSSR count). The van der Waals surface area contributed by atoms with Gasteiger partial charge in [0.15, 0.2) is 23.5 Å². The van der Waals surface area contributed by atoms with Gasteiger partial charge >= 0.3 is 0 Å². The van der Waals surface area contributed by atoms with Crippen molar-refractivity contribution in [2.45, 2.75) is 97.2 Å². The van der Waals surface area contributed by atoms with Crippen molar-refractivity contribution < 1.29 is 33.7 Å². The second-order valence-electron chi connectivity index (χ2n) is 13.2. The number of aliphatic hydroxyl groups is 1. The van der Waals surface area contributed by atoms with Gasteiger partial charge < -0.3 is 25.1 Å². The highest BCUT2D eigenvalue weighted by molar-refractivity contribution is 6.01. The van der Waals surface area contributed by atoms with E-state index in [1.807, 2.05) is 6.08 Å². The number of hydrogen-bond acceptors (Lipinski definition) is 8. The molecule has 1 aliphatic heterocycles. The normalized spacial score (nSPS) is 46.2. The Labute approximate surface area is 231 Å². The largest absolute Gasteiger partial charge is 0.392 e. The van der Waals surface area contributed by atoms with E-state index in [1.165, 1.54) is 0 Å². The molecule has 0 aromatic heterocycles. The lowest BCUT2D eigenvalue weighted by atomic mass is 9.38. The number of ether oxygens (including phenoxy) is 3. The minimum atomic E-state index is -1.23. The Morgan fingerprint density at radius 2 is 1.95 bits per heavy atom. The standard InChI is InChI=1S/C31H45NO7/c1-6-7-27-38-26-14-22-23-12-18(2)21-13-19(33)8-10-28(21,3)30(23,5)24(35)15-29(22,4)31(26,39-27)25(36)17-37-11-9-20(34)16-32/h8,10,13,18,22-24,26-27,35H,6-7,9,11-12,14-17,32H2,1-5H3/t18-,22-,23-,24-,26+,27?,28-,29-,30+,31+/m0/s1. The number of hydrogen-bond donors (Lipinski definition) is 2. The Kier molecular flexibility index (Phi) is 7.37. The number of allylic oxidation sites excluding steroid dienone is 4. The lowest BCUT2D eigenvalue weighted by Gasteiger charge is -2.66. The minimum absolute atomic E-state index is 0.00314. The van der Waals surface area contributed by atoms with Gasteiger partial charge in [0.2, 0.25) is 0 Å². The third-order valence-corrected chi connectivity index (χ3v) is 11.4. The molecular formula is C31H45NO7. The van der Waals surface area contributed by atoms with E-state index in [2.05, 4.69) is 34.6 Å². The summed E-state index contributed by atoms with van der Waals surface area (Å²) in [6.07, 6.45) is 7.40. The molecule has 5 aliphatic rings. The topological polar surface area (TPSA) is 125 Å². The predicted octanol–water partition coefficient (Wildman–Crippen LogP) is 3.30. The summed E-state index contributed by atoms with van der Waals surface area (Å²) in [6, 6.07) is 0. The molecule has 1 heterocycles. The van der Waals surface area contributed by atoms with E-state index in [4.69, 9.17) is 19.9 Å². The van der Waals surface area contributed by atoms with E-state index >= 15 is 0 Å². The van der Waals surface area contributed by atoms with E-state index < -0.39 is 40.3 Å². The van der Waals surface area contributed by atoms with Crippen LogP contribution in [0.4, 0.5) is 0 Å². The van der Waals surface area contributed by atoms with Gasteiger partial charge in [-0.1, -0.05) is 52.7 Å². The molecule has 1 saturated heterocycles. The van der Waals surface area contributed by atoms with Crippen LogP contribution in [0.3, 0.4) is 0 Å². The molecule has 4 fully saturated rings. The summed E-state index contributed by atoms with van der Waals surface area (Å²) < 4.78 is 18.8. The van der Waals surface area contributed by atoms with Crippen LogP contribution in [0.25, 0.3) is 0 Å². The van der Waals surface area contributed by atoms with Crippen molar-refractivity contribution in [1.82, 2.24) is 0 Å². The third kappa shape index (κ3) is 3.92. The fourth-order valence-corrected chi connectivity index (χ4v) is 9.25. The first-order chi connectivity index (χ1) is 18.4. The first-order valence-electron chi connectivity index (χ1n) is 14.7. The van der Waals surface area contributed by atoms with E-state index in [0.29, 0.717) is 19.3 Å². The Morgan fingerprint density at radius 3 is 2.64 bits per heavy atom. The van der Waals surface area contributed by atoms with E-state index in [9.17, 15) is 19.5 Å². The summed E-state index contributed by atoms with van der Waals surface area (Å²) in [6.45, 7) is 10.6. The molecule has 39 heavy (non-hydrogen) atoms. The SMILES string of the molecule is CCCC1O[C@@H]2C[C@H]3[C@@H]4C[C@H](C)C5=CC(=O)C=C[C@]5(C)[C@@]4(C)[C@@H](O)C[C@]3(C)[C@]2(C(=O)COCCC(=O)CN)O1. The number of Topliss-reactive ketones (excluding diaryl/α,β-unsaturated/α-hetero) is 2. The van der Waals surface area contributed by atoms with Crippen LogP contribution in [0.2, 0.25) is 0 Å². The Bertz CT molecular complexity index is 1100. The number of nitrogens with two attached hydrogens (primary N) is 1. The van der Waals surface area contributed by atoms with Crippen LogP contribution < -0.4 is 5.73 Å². The number of ketones is 3. The van der Waals surface area contributed by atoms with Gasteiger partial charge in [-0.05, 0) is 55.6 Å². The van der Waals surface area contributed by atoms with Gasteiger partial charge in [0.05, 0.1) is 25.4 Å². The number of fused-ring (bicyclic) bond motifs is 7. The van der Waals surface area contributed by atoms with Crippen LogP contribution in [-0.2, 0) is 28.6 Å². The first-order valence-corrected chi connectivity index (χ1v) is 14.7. The van der Waals surface area contributed by atoms with Crippen LogP contribution in [-0.4, -0.2) is 66.3 Å². The second kappa shape index (κ2) is 9.98. The van der Waals surface area contributed by atoms with Gasteiger partial charge in [-0.2, -0.15) is 0 Å². The van der Waals surface area contributed by atoms with Crippen LogP contribution in [0, 0.1) is 34.0 Å². The maximum absolute atomic E-state index is 14.1. The average Bonchev–Trinajstić information content (AvgIpc) is 3.37. The quantitative estimate of drug-likeness (QED) is 0.425. The predicted molar refractivity (Wildman–Crippen MR) is 144 cm³/mol. The zero-order chi connectivity index (χ0) is 28.4. The molecule has 1 unspecified atom stereocenters. The van der Waals surface area contributed by atoms with Crippen molar-refractivity contribution in [3.63, 3.8) is 0 Å². The molecule has 0 spiro atoms. The molecule has 216 valence electrons. The van der Waals surface area contributed by atoms with Gasteiger partial charge in [-0.15, -0.1) is 0 Å². The molecule has 3 N–H and O–H groups in total. The summed E-state index contributed by atoms with van der Waals surface area (Å²) in [5.74, 6) is 0.0527. The van der Waals surface area contributed by atoms with Crippen molar-refractivity contribution in [3.8, 4) is 0 Å². The summed E-state index contributed by atoms with van der Waals surface area (Å²) in [4.78, 5) is 38.1. The van der Waals surface area contributed by atoms with Crippen LogP contribution in [0.5, 0.6) is 0 Å². The van der Waals surface area contributed by atoms with E-state index in [1.54, 1.807) is 12.2 Å². The monoisotopic (exact) mass is 543 g/mol. The number of rotatable bonds is 9. The fourth-order valence-electron chi connectivity index (χ4n) is 9.25. The summed E-state index contributed by atoms with van der Waals surface area (Å²) in [5.41, 5.74) is 3.62. The smallest absolute Gasteiger partial charge is 0.193 e. The highest BCUT2D eigenvalue weighted by Crippen LogP contribution is 2.74. The van der Waals surface area contributed by atoms with Gasteiger partial charge in [0.25, 0.3) is 0 Å². The molecule has 4 aliphatic carbocycles. The first kappa shape index (κ1) is 28.8. The molecular weight excluding hydrogens is 498 g/mol. The highest BCUT2D eigenvalue weighted by atomic mass is 16.7. The minimum Gasteiger partial charge on any atom is -0.392 e. The summed E-state index contributed by atoms with van der Waals surface area (Å²) >= 11 is 0. The maximum Gasteiger partial charge on any atom is 0.193 e. The zero-order valence-corrected chi connectivity index (χ0v) is 24.0. The number of carbonyl (C=O) groups is 3. The summed E-state index contributed by atoms with van der Waals surface area (Å²) in [7, 11) is 0. The lowest BCUT2D eigenvalue weighted by molar-refractivity contribution is -0.225. The van der Waals surface area contributed by atoms with Gasteiger partial charge in [-0.3, -0.25) is 14.4 Å². The van der Waals surface area contributed by atoms with Crippen molar-refractivity contribution in [1.29, 1.82) is 0 Å². The molecule has 0 aromatic carbocycles. The second-order valence-corrected chi connectivity index (χ2v) is 13.2. The van der Waals surface area contributed by atoms with Crippen LogP contribution in [0.1, 0.15) is 73.1 Å². The molecule has 10 atom stereocenters. The van der Waals surface area contributed by atoms with Crippen molar-refractivity contribution in [2.75, 3.05) is 19.8 Å². The number of carbonyl (C=O) groups excluding carboxylic acids is 3. The van der Waals surface area contributed by atoms with Crippen molar-refractivity contribution in [3.05, 3.63) is 23.8 Å². The molecule has 0 amide bonds. The molecule has 0 bridgehead atoms. The molecule has 8 heteroatoms. The van der Waals surface area contributed by atoms with Crippen molar-refractivity contribution in [2.24, 2.45) is 39.7 Å². The number of aliphatic hydroxyl groups excluding tert-OH is 1. The van der Waals surface area contributed by atoms with E-state index in [0.717, 1.165) is 18.4 Å². The Morgan fingerprint density at radius 1 is 1.21 bits per heavy atom. The molecule has 3 saturated carbocycles. The van der Waals surface area contributed by atoms with E-state index in [-0.39, 0.29) is 61.3 Å². The Balaban J connectivity index is 1.51. The summed E-state index contributed by atoms with van der Waals surface area (Å²) in [5, 5.41) is 12.1. The van der Waals surface area contributed by atoms with Crippen molar-refractivity contribution >= 4 is 17.3 Å². The lowest BCUT2D eigenvalue weighted by Crippen LogP contribution is -2.67. The highest BCUT2D eigenvalue weighted by Gasteiger charge is 2.78. The fraction of sp³-hybridized carbons (Fsp3) is 0.774. The van der Waals surface area contributed by atoms with Crippen LogP contribution in [0.15, 0.2) is 23.8 Å². The Hall–Kier alpha value is -1.71. The molecule has 0 aromatic rings. The average molecular weight is 544 g/mol. The molecule has 0 radical (unpaired) electrons. The van der Waals surface area contributed by atoms with Crippen LogP contribution >= 0.6 is 0 Å². The van der Waals surface area contributed by atoms with Gasteiger partial charge in [-0.25, -0.2) is 0 Å². The zero-order valence-electron chi connectivity index (χ0n) is 24.0. The maximum atomic E-state index is 14.1.